The zero-order valence-corrected chi connectivity index (χ0v) is 11.6. The van der Waals surface area contributed by atoms with Gasteiger partial charge < -0.3 is 0 Å². The van der Waals surface area contributed by atoms with Crippen LogP contribution in [0.25, 0.3) is 0 Å². The van der Waals surface area contributed by atoms with Gasteiger partial charge in [0.15, 0.2) is 0 Å². The summed E-state index contributed by atoms with van der Waals surface area (Å²) in [6.45, 7) is 3.87. The van der Waals surface area contributed by atoms with E-state index in [0.29, 0.717) is 5.78 Å². The smallest absolute Gasteiger partial charge is 0.139 e. The lowest BCUT2D eigenvalue weighted by atomic mass is 9.48. The molecule has 4 aliphatic rings. The molecule has 0 aliphatic heterocycles. The van der Waals surface area contributed by atoms with Crippen LogP contribution in [0.1, 0.15) is 70.6 Å². The molecule has 101 valence electrons. The van der Waals surface area contributed by atoms with Crippen LogP contribution in [0, 0.1) is 30.1 Å². The molecule has 0 spiro atoms. The van der Waals surface area contributed by atoms with E-state index in [1.165, 1.54) is 51.4 Å². The first kappa shape index (κ1) is 12.7. The fourth-order valence-electron chi connectivity index (χ4n) is 5.36. The average Bonchev–Trinajstić information content (AvgIpc) is 2.32. The molecule has 0 unspecified atom stereocenters. The molecule has 1 heteroatoms. The summed E-state index contributed by atoms with van der Waals surface area (Å²) in [6, 6.07) is 0. The Kier molecular flexibility index (Phi) is 3.51. The van der Waals surface area contributed by atoms with Crippen molar-refractivity contribution in [3.05, 3.63) is 6.92 Å². The molecule has 4 aliphatic carbocycles. The van der Waals surface area contributed by atoms with Crippen molar-refractivity contribution in [2.75, 3.05) is 0 Å². The quantitative estimate of drug-likeness (QED) is 0.629. The summed E-state index contributed by atoms with van der Waals surface area (Å²) in [4.78, 5) is 12.6. The summed E-state index contributed by atoms with van der Waals surface area (Å²) in [5, 5.41) is 0. The van der Waals surface area contributed by atoms with E-state index in [2.05, 4.69) is 6.92 Å². The van der Waals surface area contributed by atoms with Gasteiger partial charge in [-0.1, -0.05) is 26.2 Å². The van der Waals surface area contributed by atoms with Gasteiger partial charge in [0.2, 0.25) is 0 Å². The molecular formula is C17H27O. The molecule has 0 aromatic heterocycles. The summed E-state index contributed by atoms with van der Waals surface area (Å²) in [5.41, 5.74) is 0.152. The maximum atomic E-state index is 12.6. The molecule has 4 fully saturated rings. The molecule has 18 heavy (non-hydrogen) atoms. The number of Topliss-reactive ketones (excluding diaryl/α,β-unsaturated/α-hetero) is 1. The Morgan fingerprint density at radius 2 is 1.50 bits per heavy atom. The van der Waals surface area contributed by atoms with Gasteiger partial charge in [0.05, 0.1) is 0 Å². The third kappa shape index (κ3) is 2.26. The van der Waals surface area contributed by atoms with Gasteiger partial charge in [-0.3, -0.25) is 4.79 Å². The number of carbonyl (C=O) groups is 1. The third-order valence-electron chi connectivity index (χ3n) is 5.78. The molecule has 0 heterocycles. The van der Waals surface area contributed by atoms with Crippen molar-refractivity contribution in [2.45, 2.75) is 70.6 Å². The summed E-state index contributed by atoms with van der Waals surface area (Å²) < 4.78 is 0. The Labute approximate surface area is 112 Å². The van der Waals surface area contributed by atoms with E-state index in [1.54, 1.807) is 0 Å². The van der Waals surface area contributed by atoms with Crippen LogP contribution in [0.3, 0.4) is 0 Å². The van der Waals surface area contributed by atoms with E-state index in [0.717, 1.165) is 37.0 Å². The fourth-order valence-corrected chi connectivity index (χ4v) is 5.36. The molecule has 0 saturated heterocycles. The van der Waals surface area contributed by atoms with Crippen molar-refractivity contribution in [1.29, 1.82) is 0 Å². The van der Waals surface area contributed by atoms with Crippen LogP contribution >= 0.6 is 0 Å². The summed E-state index contributed by atoms with van der Waals surface area (Å²) in [6.07, 6.45) is 13.4. The fraction of sp³-hybridized carbons (Fsp3) is 0.882. The van der Waals surface area contributed by atoms with Gasteiger partial charge in [-0.2, -0.15) is 0 Å². The molecule has 1 nitrogen and oxygen atoms in total. The standard InChI is InChI=1S/C17H27O/c1-2-3-4-5-6-16(18)17-10-13-7-14(11-17)9-15(8-13)12-17/h13-15H,1-12H2. The van der Waals surface area contributed by atoms with E-state index in [-0.39, 0.29) is 5.41 Å². The largest absolute Gasteiger partial charge is 0.299 e. The summed E-state index contributed by atoms with van der Waals surface area (Å²) in [5.74, 6) is 3.34. The minimum absolute atomic E-state index is 0.152. The minimum Gasteiger partial charge on any atom is -0.299 e. The minimum atomic E-state index is 0.152. The van der Waals surface area contributed by atoms with Crippen LogP contribution in [0.15, 0.2) is 0 Å². The molecule has 4 bridgehead atoms. The summed E-state index contributed by atoms with van der Waals surface area (Å²) in [7, 11) is 0. The summed E-state index contributed by atoms with van der Waals surface area (Å²) >= 11 is 0. The number of rotatable bonds is 6. The van der Waals surface area contributed by atoms with Crippen LogP contribution in [0.2, 0.25) is 0 Å². The van der Waals surface area contributed by atoms with Crippen molar-refractivity contribution < 1.29 is 4.79 Å². The zero-order chi connectivity index (χ0) is 12.6. The molecular weight excluding hydrogens is 220 g/mol. The van der Waals surface area contributed by atoms with Gasteiger partial charge in [-0.15, -0.1) is 0 Å². The first-order valence-corrected chi connectivity index (χ1v) is 8.04. The molecule has 1 radical (unpaired) electrons. The van der Waals surface area contributed by atoms with Crippen LogP contribution in [-0.4, -0.2) is 5.78 Å². The Bertz CT molecular complexity index is 282. The second-order valence-electron chi connectivity index (χ2n) is 7.29. The molecule has 0 atom stereocenters. The van der Waals surface area contributed by atoms with E-state index < -0.39 is 0 Å². The second kappa shape index (κ2) is 4.98. The second-order valence-corrected chi connectivity index (χ2v) is 7.29. The third-order valence-corrected chi connectivity index (χ3v) is 5.78. The molecule has 0 aromatic carbocycles. The zero-order valence-electron chi connectivity index (χ0n) is 11.6. The van der Waals surface area contributed by atoms with Crippen LogP contribution < -0.4 is 0 Å². The number of carbonyl (C=O) groups excluding carboxylic acids is 1. The van der Waals surface area contributed by atoms with Gasteiger partial charge in [0.1, 0.15) is 5.78 Å². The maximum absolute atomic E-state index is 12.6. The lowest BCUT2D eigenvalue weighted by molar-refractivity contribution is -0.144. The van der Waals surface area contributed by atoms with Crippen LogP contribution in [0.4, 0.5) is 0 Å². The van der Waals surface area contributed by atoms with Crippen LogP contribution in [0.5, 0.6) is 0 Å². The number of hydrogen-bond donors (Lipinski definition) is 0. The Hall–Kier alpha value is -0.330. The van der Waals surface area contributed by atoms with Crippen LogP contribution in [-0.2, 0) is 4.79 Å². The lowest BCUT2D eigenvalue weighted by Crippen LogP contribution is -2.49. The van der Waals surface area contributed by atoms with E-state index in [1.807, 2.05) is 0 Å². The normalized spacial score (nSPS) is 41.3. The molecule has 0 aromatic rings. The number of hydrogen-bond acceptors (Lipinski definition) is 1. The van der Waals surface area contributed by atoms with Crippen molar-refractivity contribution in [1.82, 2.24) is 0 Å². The molecule has 4 saturated carbocycles. The predicted octanol–water partition coefficient (Wildman–Crippen LogP) is 4.56. The monoisotopic (exact) mass is 247 g/mol. The van der Waals surface area contributed by atoms with Crippen molar-refractivity contribution in [3.8, 4) is 0 Å². The molecule has 0 N–H and O–H groups in total. The SMILES string of the molecule is [CH2]CCCCCC(=O)C12CC3CC(CC(C3)C1)C2. The first-order valence-electron chi connectivity index (χ1n) is 8.04. The number of ketones is 1. The average molecular weight is 247 g/mol. The van der Waals surface area contributed by atoms with Crippen molar-refractivity contribution in [2.24, 2.45) is 23.2 Å². The van der Waals surface area contributed by atoms with Crippen molar-refractivity contribution >= 4 is 5.78 Å². The van der Waals surface area contributed by atoms with E-state index >= 15 is 0 Å². The maximum Gasteiger partial charge on any atom is 0.139 e. The Morgan fingerprint density at radius 3 is 2.00 bits per heavy atom. The highest BCUT2D eigenvalue weighted by Gasteiger charge is 2.53. The van der Waals surface area contributed by atoms with E-state index in [9.17, 15) is 4.79 Å². The number of unbranched alkanes of at least 4 members (excludes halogenated alkanes) is 3. The first-order chi connectivity index (χ1) is 8.72. The highest BCUT2D eigenvalue weighted by atomic mass is 16.1. The topological polar surface area (TPSA) is 17.1 Å². The Balaban J connectivity index is 1.59. The highest BCUT2D eigenvalue weighted by molar-refractivity contribution is 5.85. The van der Waals surface area contributed by atoms with Crippen molar-refractivity contribution in [3.63, 3.8) is 0 Å². The highest BCUT2D eigenvalue weighted by Crippen LogP contribution is 2.60. The van der Waals surface area contributed by atoms with Gasteiger partial charge in [0.25, 0.3) is 0 Å². The molecule has 4 rings (SSSR count). The van der Waals surface area contributed by atoms with Gasteiger partial charge in [0, 0.05) is 11.8 Å². The predicted molar refractivity (Wildman–Crippen MR) is 74.1 cm³/mol. The van der Waals surface area contributed by atoms with Gasteiger partial charge in [-0.25, -0.2) is 0 Å². The molecule has 0 amide bonds. The Morgan fingerprint density at radius 1 is 0.944 bits per heavy atom. The van der Waals surface area contributed by atoms with Gasteiger partial charge >= 0.3 is 0 Å². The van der Waals surface area contributed by atoms with Gasteiger partial charge in [-0.05, 0) is 62.7 Å². The van der Waals surface area contributed by atoms with E-state index in [4.69, 9.17) is 0 Å². The lowest BCUT2D eigenvalue weighted by Gasteiger charge is -2.56.